The number of rotatable bonds is 1. The summed E-state index contributed by atoms with van der Waals surface area (Å²) in [6.07, 6.45) is 0. The Balaban J connectivity index is 2.78. The Kier molecular flexibility index (Phi) is 2.59. The molecule has 16 heavy (non-hydrogen) atoms. The largest absolute Gasteiger partial charge is 0.465 e. The predicted molar refractivity (Wildman–Crippen MR) is 54.9 cm³/mol. The number of fused-ring (bicyclic) bond motifs is 1. The molecular formula is C11H9NO4. The summed E-state index contributed by atoms with van der Waals surface area (Å²) in [5, 5.41) is 12.4. The number of carbonyl (C=O) groups excluding carboxylic acids is 1. The van der Waals surface area contributed by atoms with Gasteiger partial charge < -0.3 is 14.4 Å². The zero-order valence-electron chi connectivity index (χ0n) is 8.51. The maximum atomic E-state index is 11.4. The van der Waals surface area contributed by atoms with Crippen LogP contribution in [0, 0.1) is 0 Å². The Bertz CT molecular complexity index is 600. The highest BCUT2D eigenvalue weighted by molar-refractivity contribution is 5.92. The molecule has 1 aromatic carbocycles. The van der Waals surface area contributed by atoms with Gasteiger partial charge in [0, 0.05) is 5.39 Å². The van der Waals surface area contributed by atoms with Gasteiger partial charge in [-0.2, -0.15) is 0 Å². The fraction of sp³-hybridized carbons (Fsp3) is 0.0909. The van der Waals surface area contributed by atoms with Crippen LogP contribution in [0.25, 0.3) is 11.0 Å². The molecule has 5 heteroatoms. The normalized spacial score (nSPS) is 11.7. The van der Waals surface area contributed by atoms with Crippen molar-refractivity contribution in [3.8, 4) is 0 Å². The predicted octanol–water partition coefficient (Wildman–Crippen LogP) is 1.51. The first-order chi connectivity index (χ1) is 7.76. The molecule has 0 spiro atoms. The SMILES string of the molecule is COC(=O)c1cc2ccccc2oc1=NO. The third kappa shape index (κ3) is 1.63. The van der Waals surface area contributed by atoms with Gasteiger partial charge >= 0.3 is 5.97 Å². The van der Waals surface area contributed by atoms with E-state index in [1.807, 2.05) is 6.07 Å². The van der Waals surface area contributed by atoms with E-state index >= 15 is 0 Å². The van der Waals surface area contributed by atoms with E-state index in [1.165, 1.54) is 7.11 Å². The first-order valence-electron chi connectivity index (χ1n) is 4.55. The summed E-state index contributed by atoms with van der Waals surface area (Å²) in [7, 11) is 1.25. The van der Waals surface area contributed by atoms with Crippen LogP contribution in [0.3, 0.4) is 0 Å². The molecule has 0 amide bonds. The van der Waals surface area contributed by atoms with E-state index in [0.717, 1.165) is 5.39 Å². The Hall–Kier alpha value is -2.30. The third-order valence-electron chi connectivity index (χ3n) is 2.15. The second-order valence-electron chi connectivity index (χ2n) is 3.09. The lowest BCUT2D eigenvalue weighted by molar-refractivity contribution is 0.0593. The Morgan fingerprint density at radius 1 is 1.44 bits per heavy atom. The zero-order valence-corrected chi connectivity index (χ0v) is 8.51. The molecule has 1 heterocycles. The summed E-state index contributed by atoms with van der Waals surface area (Å²) in [4.78, 5) is 11.4. The van der Waals surface area contributed by atoms with Crippen molar-refractivity contribution in [2.75, 3.05) is 7.11 Å². The molecule has 0 saturated carbocycles. The number of benzene rings is 1. The molecule has 0 aliphatic carbocycles. The third-order valence-corrected chi connectivity index (χ3v) is 2.15. The quantitative estimate of drug-likeness (QED) is 0.448. The van der Waals surface area contributed by atoms with Crippen LogP contribution in [0.4, 0.5) is 0 Å². The minimum Gasteiger partial charge on any atom is -0.465 e. The topological polar surface area (TPSA) is 72.0 Å². The summed E-state index contributed by atoms with van der Waals surface area (Å²) in [5.74, 6) is -0.609. The second kappa shape index (κ2) is 4.06. The van der Waals surface area contributed by atoms with Crippen LogP contribution in [0.1, 0.15) is 10.4 Å². The maximum absolute atomic E-state index is 11.4. The number of para-hydroxylation sites is 1. The number of hydrogen-bond donors (Lipinski definition) is 1. The lowest BCUT2D eigenvalue weighted by Gasteiger charge is -2.01. The van der Waals surface area contributed by atoms with E-state index in [9.17, 15) is 4.79 Å². The van der Waals surface area contributed by atoms with Gasteiger partial charge in [-0.1, -0.05) is 18.2 Å². The van der Waals surface area contributed by atoms with Crippen molar-refractivity contribution < 1.29 is 19.2 Å². The molecule has 2 aromatic rings. The van der Waals surface area contributed by atoms with Gasteiger partial charge in [0.15, 0.2) is 0 Å². The number of nitrogens with zero attached hydrogens (tertiary/aromatic N) is 1. The van der Waals surface area contributed by atoms with Crippen LogP contribution >= 0.6 is 0 Å². The molecule has 1 N–H and O–H groups in total. The van der Waals surface area contributed by atoms with Gasteiger partial charge in [-0.15, -0.1) is 0 Å². The summed E-state index contributed by atoms with van der Waals surface area (Å²) in [6.45, 7) is 0. The van der Waals surface area contributed by atoms with E-state index in [-0.39, 0.29) is 11.1 Å². The number of hydrogen-bond acceptors (Lipinski definition) is 5. The number of carbonyl (C=O) groups is 1. The molecule has 0 bridgehead atoms. The summed E-state index contributed by atoms with van der Waals surface area (Å²) < 4.78 is 9.81. The van der Waals surface area contributed by atoms with Crippen LogP contribution in [-0.2, 0) is 4.74 Å². The van der Waals surface area contributed by atoms with Crippen LogP contribution < -0.4 is 5.55 Å². The van der Waals surface area contributed by atoms with Crippen molar-refractivity contribution in [2.45, 2.75) is 0 Å². The number of ether oxygens (including phenoxy) is 1. The second-order valence-corrected chi connectivity index (χ2v) is 3.09. The van der Waals surface area contributed by atoms with Crippen molar-refractivity contribution in [3.05, 3.63) is 41.4 Å². The molecule has 0 atom stereocenters. The lowest BCUT2D eigenvalue weighted by atomic mass is 10.2. The van der Waals surface area contributed by atoms with E-state index < -0.39 is 5.97 Å². The van der Waals surface area contributed by atoms with Crippen molar-refractivity contribution in [1.29, 1.82) is 0 Å². The summed E-state index contributed by atoms with van der Waals surface area (Å²) in [5.41, 5.74) is 0.456. The fourth-order valence-corrected chi connectivity index (χ4v) is 1.40. The van der Waals surface area contributed by atoms with E-state index in [2.05, 4.69) is 9.89 Å². The minimum absolute atomic E-state index is 0.0868. The molecule has 1 aromatic heterocycles. The van der Waals surface area contributed by atoms with Gasteiger partial charge in [0.1, 0.15) is 11.1 Å². The molecule has 2 rings (SSSR count). The van der Waals surface area contributed by atoms with E-state index in [0.29, 0.717) is 5.58 Å². The highest BCUT2D eigenvalue weighted by Gasteiger charge is 2.12. The van der Waals surface area contributed by atoms with Crippen molar-refractivity contribution in [3.63, 3.8) is 0 Å². The van der Waals surface area contributed by atoms with Crippen LogP contribution in [0.5, 0.6) is 0 Å². The van der Waals surface area contributed by atoms with E-state index in [1.54, 1.807) is 24.3 Å². The highest BCUT2D eigenvalue weighted by atomic mass is 16.5. The fourth-order valence-electron chi connectivity index (χ4n) is 1.40. The number of esters is 1. The molecule has 0 aliphatic heterocycles. The zero-order chi connectivity index (χ0) is 11.5. The highest BCUT2D eigenvalue weighted by Crippen LogP contribution is 2.12. The Morgan fingerprint density at radius 2 is 2.19 bits per heavy atom. The van der Waals surface area contributed by atoms with Crippen molar-refractivity contribution in [1.82, 2.24) is 0 Å². The van der Waals surface area contributed by atoms with Gasteiger partial charge in [-0.25, -0.2) is 4.79 Å². The molecule has 5 nitrogen and oxygen atoms in total. The first kappa shape index (κ1) is 10.2. The molecule has 0 saturated heterocycles. The van der Waals surface area contributed by atoms with Gasteiger partial charge in [0.25, 0.3) is 5.55 Å². The summed E-state index contributed by atoms with van der Waals surface area (Å²) >= 11 is 0. The first-order valence-corrected chi connectivity index (χ1v) is 4.55. The van der Waals surface area contributed by atoms with Gasteiger partial charge in [-0.05, 0) is 17.3 Å². The lowest BCUT2D eigenvalue weighted by Crippen LogP contribution is -2.16. The maximum Gasteiger partial charge on any atom is 0.343 e. The molecule has 0 unspecified atom stereocenters. The van der Waals surface area contributed by atoms with Crippen molar-refractivity contribution in [2.24, 2.45) is 5.16 Å². The summed E-state index contributed by atoms with van der Waals surface area (Å²) in [6, 6.07) is 8.65. The Labute approximate surface area is 90.6 Å². The molecule has 0 aliphatic rings. The van der Waals surface area contributed by atoms with Crippen LogP contribution in [0.2, 0.25) is 0 Å². The molecule has 82 valence electrons. The molecular weight excluding hydrogens is 210 g/mol. The van der Waals surface area contributed by atoms with Gasteiger partial charge in [0.05, 0.1) is 7.11 Å². The van der Waals surface area contributed by atoms with E-state index in [4.69, 9.17) is 9.62 Å². The monoisotopic (exact) mass is 219 g/mol. The average Bonchev–Trinajstić information content (AvgIpc) is 2.36. The van der Waals surface area contributed by atoms with Crippen LogP contribution in [-0.4, -0.2) is 18.3 Å². The molecule has 0 radical (unpaired) electrons. The minimum atomic E-state index is -0.609. The molecule has 0 fully saturated rings. The Morgan fingerprint density at radius 3 is 2.88 bits per heavy atom. The van der Waals surface area contributed by atoms with Crippen LogP contribution in [0.15, 0.2) is 39.9 Å². The van der Waals surface area contributed by atoms with Gasteiger partial charge in [0.2, 0.25) is 0 Å². The average molecular weight is 219 g/mol. The standard InChI is InChI=1S/C11H9NO4/c1-15-11(13)8-6-7-4-2-3-5-9(7)16-10(8)12-14/h2-6,14H,1H3. The smallest absolute Gasteiger partial charge is 0.343 e. The number of methoxy groups -OCH3 is 1. The van der Waals surface area contributed by atoms with Crippen molar-refractivity contribution >= 4 is 16.9 Å². The van der Waals surface area contributed by atoms with Gasteiger partial charge in [-0.3, -0.25) is 0 Å².